The van der Waals surface area contributed by atoms with Gasteiger partial charge < -0.3 is 14.8 Å². The van der Waals surface area contributed by atoms with Gasteiger partial charge in [0.15, 0.2) is 0 Å². The first-order chi connectivity index (χ1) is 12.3. The first-order valence-corrected chi connectivity index (χ1v) is 9.72. The van der Waals surface area contributed by atoms with Gasteiger partial charge in [0.25, 0.3) is 5.91 Å². The molecule has 0 aliphatic rings. The van der Waals surface area contributed by atoms with Gasteiger partial charge in [0.1, 0.15) is 5.01 Å². The normalized spacial score (nSPS) is 11.1. The van der Waals surface area contributed by atoms with E-state index < -0.39 is 0 Å². The van der Waals surface area contributed by atoms with Gasteiger partial charge in [-0.3, -0.25) is 4.79 Å². The molecule has 0 radical (unpaired) electrons. The SMILES string of the molecule is COCCOCCCNC(=O)c1ccc(-c2nc3ccccc3s2)s1. The fourth-order valence-electron chi connectivity index (χ4n) is 2.26. The molecule has 0 aliphatic carbocycles. The lowest BCUT2D eigenvalue weighted by molar-refractivity contribution is 0.0688. The Kier molecular flexibility index (Phi) is 6.52. The number of carbonyl (C=O) groups is 1. The quantitative estimate of drug-likeness (QED) is 0.577. The molecule has 25 heavy (non-hydrogen) atoms. The van der Waals surface area contributed by atoms with Crippen LogP contribution in [0, 0.1) is 0 Å². The number of rotatable bonds is 9. The molecule has 132 valence electrons. The number of hydrogen-bond acceptors (Lipinski definition) is 6. The third kappa shape index (κ3) is 4.85. The van der Waals surface area contributed by atoms with Crippen molar-refractivity contribution in [1.29, 1.82) is 0 Å². The number of thiophene rings is 1. The van der Waals surface area contributed by atoms with Crippen molar-refractivity contribution in [2.45, 2.75) is 6.42 Å². The largest absolute Gasteiger partial charge is 0.382 e. The number of thiazole rings is 1. The zero-order chi connectivity index (χ0) is 17.5. The molecule has 3 rings (SSSR count). The Balaban J connectivity index is 1.51. The van der Waals surface area contributed by atoms with Gasteiger partial charge in [0.05, 0.1) is 33.2 Å². The second-order valence-electron chi connectivity index (χ2n) is 5.37. The van der Waals surface area contributed by atoms with E-state index in [2.05, 4.69) is 16.4 Å². The van der Waals surface area contributed by atoms with Crippen LogP contribution in [0.5, 0.6) is 0 Å². The van der Waals surface area contributed by atoms with E-state index in [1.165, 1.54) is 11.3 Å². The molecular weight excluding hydrogens is 356 g/mol. The van der Waals surface area contributed by atoms with E-state index in [4.69, 9.17) is 9.47 Å². The van der Waals surface area contributed by atoms with Gasteiger partial charge in [0.2, 0.25) is 0 Å². The van der Waals surface area contributed by atoms with Crippen LogP contribution in [0.3, 0.4) is 0 Å². The van der Waals surface area contributed by atoms with Crippen molar-refractivity contribution in [2.24, 2.45) is 0 Å². The average Bonchev–Trinajstić information content (AvgIpc) is 3.27. The molecule has 2 heterocycles. The highest BCUT2D eigenvalue weighted by molar-refractivity contribution is 7.26. The minimum absolute atomic E-state index is 0.0470. The van der Waals surface area contributed by atoms with Crippen molar-refractivity contribution in [3.63, 3.8) is 0 Å². The van der Waals surface area contributed by atoms with E-state index in [0.29, 0.717) is 31.2 Å². The van der Waals surface area contributed by atoms with Crippen molar-refractivity contribution in [3.8, 4) is 9.88 Å². The van der Waals surface area contributed by atoms with Crippen LogP contribution in [0.2, 0.25) is 0 Å². The van der Waals surface area contributed by atoms with Crippen molar-refractivity contribution >= 4 is 38.8 Å². The molecule has 0 bridgehead atoms. The van der Waals surface area contributed by atoms with E-state index in [-0.39, 0.29) is 5.91 Å². The highest BCUT2D eigenvalue weighted by Gasteiger charge is 2.12. The van der Waals surface area contributed by atoms with Crippen LogP contribution in [0.25, 0.3) is 20.1 Å². The number of benzene rings is 1. The van der Waals surface area contributed by atoms with E-state index in [1.54, 1.807) is 18.4 Å². The summed E-state index contributed by atoms with van der Waals surface area (Å²) in [6.45, 7) is 2.39. The van der Waals surface area contributed by atoms with E-state index in [0.717, 1.165) is 26.5 Å². The van der Waals surface area contributed by atoms with Crippen molar-refractivity contribution in [3.05, 3.63) is 41.3 Å². The number of hydrogen-bond donors (Lipinski definition) is 1. The number of methoxy groups -OCH3 is 1. The van der Waals surface area contributed by atoms with Crippen LogP contribution in [0.1, 0.15) is 16.1 Å². The van der Waals surface area contributed by atoms with Gasteiger partial charge in [0, 0.05) is 20.3 Å². The summed E-state index contributed by atoms with van der Waals surface area (Å²) < 4.78 is 11.4. The van der Waals surface area contributed by atoms with Crippen molar-refractivity contribution in [2.75, 3.05) is 33.5 Å². The van der Waals surface area contributed by atoms with Crippen molar-refractivity contribution < 1.29 is 14.3 Å². The maximum absolute atomic E-state index is 12.2. The fraction of sp³-hybridized carbons (Fsp3) is 0.333. The van der Waals surface area contributed by atoms with Gasteiger partial charge in [-0.05, 0) is 30.7 Å². The number of carbonyl (C=O) groups excluding carboxylic acids is 1. The van der Waals surface area contributed by atoms with Gasteiger partial charge in [-0.15, -0.1) is 22.7 Å². The predicted molar refractivity (Wildman–Crippen MR) is 103 cm³/mol. The highest BCUT2D eigenvalue weighted by Crippen LogP contribution is 2.34. The maximum Gasteiger partial charge on any atom is 0.261 e. The Morgan fingerprint density at radius 2 is 2.00 bits per heavy atom. The number of ether oxygens (including phenoxy) is 2. The third-order valence-corrected chi connectivity index (χ3v) is 5.81. The lowest BCUT2D eigenvalue weighted by Gasteiger charge is -2.04. The van der Waals surface area contributed by atoms with Crippen LogP contribution >= 0.6 is 22.7 Å². The Bertz CT molecular complexity index is 795. The van der Waals surface area contributed by atoms with E-state index >= 15 is 0 Å². The maximum atomic E-state index is 12.2. The number of para-hydroxylation sites is 1. The second-order valence-corrected chi connectivity index (χ2v) is 7.48. The number of aromatic nitrogens is 1. The van der Waals surface area contributed by atoms with Crippen LogP contribution in [-0.4, -0.2) is 44.4 Å². The Labute approximate surface area is 154 Å². The number of nitrogens with one attached hydrogen (secondary N) is 1. The summed E-state index contributed by atoms with van der Waals surface area (Å²) in [5.74, 6) is -0.0470. The number of nitrogens with zero attached hydrogens (tertiary/aromatic N) is 1. The second kappa shape index (κ2) is 9.05. The summed E-state index contributed by atoms with van der Waals surface area (Å²) in [5.41, 5.74) is 0.996. The zero-order valence-electron chi connectivity index (χ0n) is 14.0. The molecule has 5 nitrogen and oxygen atoms in total. The molecule has 2 aromatic heterocycles. The summed E-state index contributed by atoms with van der Waals surface area (Å²) >= 11 is 3.12. The Morgan fingerprint density at radius 3 is 2.84 bits per heavy atom. The molecule has 1 N–H and O–H groups in total. The fourth-order valence-corrected chi connectivity index (χ4v) is 4.20. The standard InChI is InChI=1S/C18H20N2O3S2/c1-22-11-12-23-10-4-9-19-17(21)15-7-8-16(24-15)18-20-13-5-2-3-6-14(13)25-18/h2-3,5-8H,4,9-12H2,1H3,(H,19,21). The molecule has 7 heteroatoms. The summed E-state index contributed by atoms with van der Waals surface area (Å²) in [7, 11) is 1.65. The molecular formula is C18H20N2O3S2. The summed E-state index contributed by atoms with van der Waals surface area (Å²) in [6.07, 6.45) is 0.783. The summed E-state index contributed by atoms with van der Waals surface area (Å²) in [6, 6.07) is 11.9. The highest BCUT2D eigenvalue weighted by atomic mass is 32.1. The van der Waals surface area contributed by atoms with Gasteiger partial charge >= 0.3 is 0 Å². The minimum atomic E-state index is -0.0470. The molecule has 0 saturated heterocycles. The van der Waals surface area contributed by atoms with Gasteiger partial charge in [-0.1, -0.05) is 12.1 Å². The van der Waals surface area contributed by atoms with E-state index in [1.807, 2.05) is 30.3 Å². The van der Waals surface area contributed by atoms with E-state index in [9.17, 15) is 4.79 Å². The van der Waals surface area contributed by atoms with Crippen molar-refractivity contribution in [1.82, 2.24) is 10.3 Å². The number of fused-ring (bicyclic) bond motifs is 1. The Morgan fingerprint density at radius 1 is 1.12 bits per heavy atom. The molecule has 0 fully saturated rings. The topological polar surface area (TPSA) is 60.5 Å². The van der Waals surface area contributed by atoms with Gasteiger partial charge in [-0.25, -0.2) is 4.98 Å². The smallest absolute Gasteiger partial charge is 0.261 e. The number of amides is 1. The molecule has 0 spiro atoms. The monoisotopic (exact) mass is 376 g/mol. The summed E-state index contributed by atoms with van der Waals surface area (Å²) in [4.78, 5) is 18.6. The molecule has 1 amide bonds. The Hall–Kier alpha value is -1.80. The van der Waals surface area contributed by atoms with Crippen LogP contribution in [0.4, 0.5) is 0 Å². The van der Waals surface area contributed by atoms with Crippen LogP contribution in [0.15, 0.2) is 36.4 Å². The first kappa shape index (κ1) is 18.0. The zero-order valence-corrected chi connectivity index (χ0v) is 15.6. The third-order valence-electron chi connectivity index (χ3n) is 3.52. The molecule has 3 aromatic rings. The molecule has 1 aromatic carbocycles. The minimum Gasteiger partial charge on any atom is -0.382 e. The molecule has 0 saturated carbocycles. The van der Waals surface area contributed by atoms with Gasteiger partial charge in [-0.2, -0.15) is 0 Å². The molecule has 0 aliphatic heterocycles. The predicted octanol–water partition coefficient (Wildman–Crippen LogP) is 3.81. The average molecular weight is 377 g/mol. The van der Waals surface area contributed by atoms with Crippen LogP contribution < -0.4 is 5.32 Å². The van der Waals surface area contributed by atoms with Crippen LogP contribution in [-0.2, 0) is 9.47 Å². The molecule has 0 unspecified atom stereocenters. The lowest BCUT2D eigenvalue weighted by atomic mass is 10.3. The summed E-state index contributed by atoms with van der Waals surface area (Å²) in [5, 5.41) is 3.88. The first-order valence-electron chi connectivity index (χ1n) is 8.08. The molecule has 0 atom stereocenters. The lowest BCUT2D eigenvalue weighted by Crippen LogP contribution is -2.24.